The van der Waals surface area contributed by atoms with E-state index in [0.29, 0.717) is 5.88 Å². The van der Waals surface area contributed by atoms with Gasteiger partial charge in [0.25, 0.3) is 0 Å². The minimum atomic E-state index is -0.663. The summed E-state index contributed by atoms with van der Waals surface area (Å²) in [5.41, 5.74) is 2.05. The maximum Gasteiger partial charge on any atom is 0.237 e. The molecule has 1 amide bonds. The average molecular weight is 423 g/mol. The van der Waals surface area contributed by atoms with Gasteiger partial charge in [-0.2, -0.15) is 5.26 Å². The van der Waals surface area contributed by atoms with E-state index in [4.69, 9.17) is 14.7 Å². The first-order chi connectivity index (χ1) is 14.9. The topological polar surface area (TPSA) is 87.5 Å². The highest BCUT2D eigenvalue weighted by molar-refractivity contribution is 5.81. The van der Waals surface area contributed by atoms with Gasteiger partial charge in [0.2, 0.25) is 11.8 Å². The minimum absolute atomic E-state index is 0.0890. The summed E-state index contributed by atoms with van der Waals surface area (Å²) in [6, 6.07) is 13.5. The van der Waals surface area contributed by atoms with Crippen molar-refractivity contribution in [1.82, 2.24) is 10.3 Å². The molecule has 0 aliphatic carbocycles. The Morgan fingerprint density at radius 2 is 1.97 bits per heavy atom. The quantitative estimate of drug-likeness (QED) is 0.695. The third-order valence-electron chi connectivity index (χ3n) is 5.21. The van der Waals surface area contributed by atoms with Crippen LogP contribution < -0.4 is 19.7 Å². The molecular weight excluding hydrogens is 392 g/mol. The average Bonchev–Trinajstić information content (AvgIpc) is 3.21. The molecule has 1 aliphatic heterocycles. The molecule has 1 saturated heterocycles. The van der Waals surface area contributed by atoms with Crippen LogP contribution in [0.4, 0.5) is 5.69 Å². The lowest BCUT2D eigenvalue weighted by molar-refractivity contribution is -0.123. The van der Waals surface area contributed by atoms with E-state index in [-0.39, 0.29) is 24.2 Å². The van der Waals surface area contributed by atoms with Gasteiger partial charge < -0.3 is 19.7 Å². The SMILES string of the molecule is CC(C)Oc1cc(N2CCC(Oc3ccc([C@H](C)NC(=O)C(C)C#N)cc3)C2)ccn1. The number of benzene rings is 1. The van der Waals surface area contributed by atoms with E-state index in [1.54, 1.807) is 13.1 Å². The largest absolute Gasteiger partial charge is 0.489 e. The van der Waals surface area contributed by atoms with Crippen molar-refractivity contribution in [1.29, 1.82) is 5.26 Å². The van der Waals surface area contributed by atoms with E-state index < -0.39 is 5.92 Å². The number of hydrogen-bond acceptors (Lipinski definition) is 6. The molecule has 0 spiro atoms. The van der Waals surface area contributed by atoms with Crippen molar-refractivity contribution in [3.05, 3.63) is 48.2 Å². The molecule has 1 fully saturated rings. The smallest absolute Gasteiger partial charge is 0.237 e. The standard InChI is InChI=1S/C24H30N4O3/c1-16(2)30-23-13-20(9-11-26-23)28-12-10-22(15-28)31-21-7-5-19(6-8-21)18(4)27-24(29)17(3)14-25/h5-9,11,13,16-18,22H,10,12,15H2,1-4H3,(H,27,29)/t17?,18-,22?/m0/s1. The summed E-state index contributed by atoms with van der Waals surface area (Å²) >= 11 is 0. The van der Waals surface area contributed by atoms with Gasteiger partial charge in [-0.05, 0) is 51.5 Å². The minimum Gasteiger partial charge on any atom is -0.489 e. The second-order valence-electron chi connectivity index (χ2n) is 8.14. The van der Waals surface area contributed by atoms with Gasteiger partial charge in [0.05, 0.1) is 24.8 Å². The Morgan fingerprint density at radius 1 is 1.23 bits per heavy atom. The first-order valence-corrected chi connectivity index (χ1v) is 10.7. The Morgan fingerprint density at radius 3 is 2.65 bits per heavy atom. The lowest BCUT2D eigenvalue weighted by Gasteiger charge is -2.20. The van der Waals surface area contributed by atoms with Gasteiger partial charge in [-0.3, -0.25) is 4.79 Å². The van der Waals surface area contributed by atoms with E-state index in [2.05, 4.69) is 15.2 Å². The monoisotopic (exact) mass is 422 g/mol. The zero-order valence-electron chi connectivity index (χ0n) is 18.5. The van der Waals surface area contributed by atoms with Crippen molar-refractivity contribution in [3.8, 4) is 17.7 Å². The van der Waals surface area contributed by atoms with Crippen molar-refractivity contribution in [2.45, 2.75) is 52.4 Å². The number of nitriles is 1. The first-order valence-electron chi connectivity index (χ1n) is 10.7. The Labute approximate surface area is 184 Å². The van der Waals surface area contributed by atoms with Gasteiger partial charge in [-0.1, -0.05) is 12.1 Å². The summed E-state index contributed by atoms with van der Waals surface area (Å²) in [4.78, 5) is 18.5. The maximum atomic E-state index is 11.9. The highest BCUT2D eigenvalue weighted by Gasteiger charge is 2.25. The van der Waals surface area contributed by atoms with Crippen LogP contribution in [0.5, 0.6) is 11.6 Å². The summed E-state index contributed by atoms with van der Waals surface area (Å²) in [6.45, 7) is 9.17. The van der Waals surface area contributed by atoms with E-state index in [1.807, 2.05) is 63.2 Å². The Balaban J connectivity index is 1.54. The van der Waals surface area contributed by atoms with E-state index in [9.17, 15) is 4.79 Å². The number of amides is 1. The number of carbonyl (C=O) groups is 1. The number of ether oxygens (including phenoxy) is 2. The molecule has 2 heterocycles. The number of carbonyl (C=O) groups excluding carboxylic acids is 1. The molecule has 3 rings (SSSR count). The van der Waals surface area contributed by atoms with Crippen LogP contribution in [0.2, 0.25) is 0 Å². The zero-order valence-corrected chi connectivity index (χ0v) is 18.5. The van der Waals surface area contributed by atoms with Gasteiger partial charge in [0, 0.05) is 30.9 Å². The number of hydrogen-bond donors (Lipinski definition) is 1. The van der Waals surface area contributed by atoms with Gasteiger partial charge >= 0.3 is 0 Å². The highest BCUT2D eigenvalue weighted by Crippen LogP contribution is 2.26. The first kappa shape index (κ1) is 22.4. The maximum absolute atomic E-state index is 11.9. The number of anilines is 1. The molecule has 2 unspecified atom stereocenters. The second-order valence-corrected chi connectivity index (χ2v) is 8.14. The molecule has 164 valence electrons. The predicted octanol–water partition coefficient (Wildman–Crippen LogP) is 3.86. The van der Waals surface area contributed by atoms with Crippen molar-refractivity contribution >= 4 is 11.6 Å². The fraction of sp³-hybridized carbons (Fsp3) is 0.458. The lowest BCUT2D eigenvalue weighted by Crippen LogP contribution is -2.30. The summed E-state index contributed by atoms with van der Waals surface area (Å²) in [7, 11) is 0. The fourth-order valence-electron chi connectivity index (χ4n) is 3.47. The molecule has 0 bridgehead atoms. The molecule has 2 aromatic rings. The third kappa shape index (κ3) is 6.11. The van der Waals surface area contributed by atoms with Crippen molar-refractivity contribution in [2.24, 2.45) is 5.92 Å². The summed E-state index contributed by atoms with van der Waals surface area (Å²) in [5.74, 6) is 0.513. The number of nitrogens with one attached hydrogen (secondary N) is 1. The van der Waals surface area contributed by atoms with E-state index in [1.165, 1.54) is 0 Å². The molecule has 31 heavy (non-hydrogen) atoms. The molecule has 0 radical (unpaired) electrons. The molecule has 1 aromatic heterocycles. The van der Waals surface area contributed by atoms with Gasteiger partial charge in [-0.15, -0.1) is 0 Å². The van der Waals surface area contributed by atoms with Crippen LogP contribution in [0.3, 0.4) is 0 Å². The van der Waals surface area contributed by atoms with Crippen LogP contribution in [0.15, 0.2) is 42.6 Å². The van der Waals surface area contributed by atoms with Crippen molar-refractivity contribution in [3.63, 3.8) is 0 Å². The zero-order chi connectivity index (χ0) is 22.4. The molecule has 3 atom stereocenters. The molecule has 1 N–H and O–H groups in total. The van der Waals surface area contributed by atoms with Crippen LogP contribution in [-0.4, -0.2) is 36.2 Å². The van der Waals surface area contributed by atoms with Gasteiger partial charge in [0.15, 0.2) is 0 Å². The Bertz CT molecular complexity index is 923. The molecule has 7 nitrogen and oxygen atoms in total. The molecule has 7 heteroatoms. The number of pyridine rings is 1. The molecule has 0 saturated carbocycles. The van der Waals surface area contributed by atoms with Crippen LogP contribution in [0, 0.1) is 17.2 Å². The van der Waals surface area contributed by atoms with Gasteiger partial charge in [0.1, 0.15) is 17.8 Å². The van der Waals surface area contributed by atoms with Crippen molar-refractivity contribution < 1.29 is 14.3 Å². The second kappa shape index (κ2) is 10.2. The van der Waals surface area contributed by atoms with Crippen LogP contribution in [0.1, 0.15) is 45.7 Å². The molecule has 1 aromatic carbocycles. The lowest BCUT2D eigenvalue weighted by atomic mass is 10.1. The Hall–Kier alpha value is -3.27. The van der Waals surface area contributed by atoms with Crippen LogP contribution in [0.25, 0.3) is 0 Å². The number of aromatic nitrogens is 1. The summed E-state index contributed by atoms with van der Waals surface area (Å²) in [5, 5.41) is 11.7. The predicted molar refractivity (Wildman–Crippen MR) is 119 cm³/mol. The van der Waals surface area contributed by atoms with Gasteiger partial charge in [-0.25, -0.2) is 4.98 Å². The highest BCUT2D eigenvalue weighted by atomic mass is 16.5. The third-order valence-corrected chi connectivity index (χ3v) is 5.21. The normalized spacial score (nSPS) is 17.7. The van der Waals surface area contributed by atoms with Crippen molar-refractivity contribution in [2.75, 3.05) is 18.0 Å². The molecule has 1 aliphatic rings. The molecular formula is C24H30N4O3. The van der Waals surface area contributed by atoms with E-state index in [0.717, 1.165) is 36.5 Å². The Kier molecular flexibility index (Phi) is 7.35. The van der Waals surface area contributed by atoms with Crippen LogP contribution >= 0.6 is 0 Å². The van der Waals surface area contributed by atoms with Crippen LogP contribution in [-0.2, 0) is 4.79 Å². The number of nitrogens with zero attached hydrogens (tertiary/aromatic N) is 3. The summed E-state index contributed by atoms with van der Waals surface area (Å²) < 4.78 is 11.9. The summed E-state index contributed by atoms with van der Waals surface area (Å²) in [6.07, 6.45) is 2.90. The van der Waals surface area contributed by atoms with E-state index >= 15 is 0 Å². The number of rotatable bonds is 8. The fourth-order valence-corrected chi connectivity index (χ4v) is 3.47.